The summed E-state index contributed by atoms with van der Waals surface area (Å²) in [5.74, 6) is -0.448. The van der Waals surface area contributed by atoms with Gasteiger partial charge < -0.3 is 10.8 Å². The first-order chi connectivity index (χ1) is 10.5. The molecule has 22 heavy (non-hydrogen) atoms. The molecule has 0 aliphatic carbocycles. The lowest BCUT2D eigenvalue weighted by Gasteiger charge is -2.37. The standard InChI is InChI=1S/C17H21N3O2/c18-13-15-5-3-14(4-6-15)2-1-9-20-10-7-17(22,8-11-20)12-16(19)21/h1-6,22H,7-12H2,(H2,19,21)/b2-1+. The van der Waals surface area contributed by atoms with Crippen molar-refractivity contribution in [2.45, 2.75) is 24.9 Å². The zero-order valence-electron chi connectivity index (χ0n) is 12.5. The summed E-state index contributed by atoms with van der Waals surface area (Å²) in [5.41, 5.74) is 5.94. The highest BCUT2D eigenvalue weighted by atomic mass is 16.3. The maximum atomic E-state index is 10.9. The number of rotatable bonds is 5. The van der Waals surface area contributed by atoms with E-state index >= 15 is 0 Å². The molecule has 1 heterocycles. The van der Waals surface area contributed by atoms with Crippen molar-refractivity contribution in [2.24, 2.45) is 5.73 Å². The van der Waals surface area contributed by atoms with E-state index in [0.717, 1.165) is 25.2 Å². The van der Waals surface area contributed by atoms with Gasteiger partial charge in [-0.3, -0.25) is 9.69 Å². The van der Waals surface area contributed by atoms with Crippen LogP contribution in [-0.4, -0.2) is 41.1 Å². The lowest BCUT2D eigenvalue weighted by molar-refractivity contribution is -0.125. The molecular weight excluding hydrogens is 278 g/mol. The summed E-state index contributed by atoms with van der Waals surface area (Å²) in [4.78, 5) is 13.2. The smallest absolute Gasteiger partial charge is 0.220 e. The second kappa shape index (κ2) is 7.21. The zero-order chi connectivity index (χ0) is 16.0. The van der Waals surface area contributed by atoms with Gasteiger partial charge in [0, 0.05) is 19.6 Å². The van der Waals surface area contributed by atoms with Crippen LogP contribution in [0.1, 0.15) is 30.4 Å². The van der Waals surface area contributed by atoms with Crippen LogP contribution in [0.25, 0.3) is 6.08 Å². The molecule has 0 saturated carbocycles. The van der Waals surface area contributed by atoms with Crippen molar-refractivity contribution in [1.29, 1.82) is 5.26 Å². The van der Waals surface area contributed by atoms with Gasteiger partial charge in [-0.15, -0.1) is 0 Å². The molecule has 1 fully saturated rings. The monoisotopic (exact) mass is 299 g/mol. The van der Waals surface area contributed by atoms with E-state index in [4.69, 9.17) is 11.0 Å². The van der Waals surface area contributed by atoms with Gasteiger partial charge in [0.25, 0.3) is 0 Å². The molecule has 1 aromatic rings. The number of primary amides is 1. The van der Waals surface area contributed by atoms with Gasteiger partial charge in [0.05, 0.1) is 23.7 Å². The summed E-state index contributed by atoms with van der Waals surface area (Å²) in [7, 11) is 0. The molecule has 1 saturated heterocycles. The highest BCUT2D eigenvalue weighted by Crippen LogP contribution is 2.25. The summed E-state index contributed by atoms with van der Waals surface area (Å²) in [6.45, 7) is 2.30. The Morgan fingerprint density at radius 1 is 1.36 bits per heavy atom. The Labute approximate surface area is 130 Å². The van der Waals surface area contributed by atoms with Gasteiger partial charge in [-0.2, -0.15) is 5.26 Å². The predicted molar refractivity (Wildman–Crippen MR) is 84.6 cm³/mol. The average Bonchev–Trinajstić information content (AvgIpc) is 2.49. The first-order valence-corrected chi connectivity index (χ1v) is 7.40. The highest BCUT2D eigenvalue weighted by Gasteiger charge is 2.33. The largest absolute Gasteiger partial charge is 0.389 e. The van der Waals surface area contributed by atoms with Gasteiger partial charge in [0.2, 0.25) is 5.91 Å². The van der Waals surface area contributed by atoms with Crippen molar-refractivity contribution in [3.63, 3.8) is 0 Å². The molecule has 1 aromatic carbocycles. The lowest BCUT2D eigenvalue weighted by atomic mass is 9.88. The maximum Gasteiger partial charge on any atom is 0.220 e. The fourth-order valence-electron chi connectivity index (χ4n) is 2.66. The second-order valence-corrected chi connectivity index (χ2v) is 5.80. The van der Waals surface area contributed by atoms with Crippen molar-refractivity contribution in [3.05, 3.63) is 41.5 Å². The van der Waals surface area contributed by atoms with Crippen molar-refractivity contribution in [1.82, 2.24) is 4.90 Å². The number of nitriles is 1. The number of nitrogens with zero attached hydrogens (tertiary/aromatic N) is 2. The fourth-order valence-corrected chi connectivity index (χ4v) is 2.66. The maximum absolute atomic E-state index is 10.9. The van der Waals surface area contributed by atoms with E-state index < -0.39 is 11.5 Å². The zero-order valence-corrected chi connectivity index (χ0v) is 12.5. The molecule has 3 N–H and O–H groups in total. The van der Waals surface area contributed by atoms with Gasteiger partial charge in [0.1, 0.15) is 0 Å². The minimum atomic E-state index is -0.931. The van der Waals surface area contributed by atoms with Crippen LogP contribution in [0.4, 0.5) is 0 Å². The Balaban J connectivity index is 1.80. The number of benzene rings is 1. The summed E-state index contributed by atoms with van der Waals surface area (Å²) in [6.07, 6.45) is 5.27. The quantitative estimate of drug-likeness (QED) is 0.856. The topological polar surface area (TPSA) is 90.3 Å². The second-order valence-electron chi connectivity index (χ2n) is 5.80. The fraction of sp³-hybridized carbons (Fsp3) is 0.412. The van der Waals surface area contributed by atoms with Gasteiger partial charge in [0.15, 0.2) is 0 Å². The molecule has 5 nitrogen and oxygen atoms in total. The molecule has 0 atom stereocenters. The molecular formula is C17H21N3O2. The summed E-state index contributed by atoms with van der Waals surface area (Å²) < 4.78 is 0. The number of hydrogen-bond acceptors (Lipinski definition) is 4. The molecule has 0 unspecified atom stereocenters. The number of carbonyl (C=O) groups excluding carboxylic acids is 1. The van der Waals surface area contributed by atoms with E-state index in [1.54, 1.807) is 12.1 Å². The number of aliphatic hydroxyl groups is 1. The van der Waals surface area contributed by atoms with E-state index in [-0.39, 0.29) is 6.42 Å². The number of amides is 1. The first kappa shape index (κ1) is 16.2. The van der Waals surface area contributed by atoms with Crippen LogP contribution in [0.3, 0.4) is 0 Å². The average molecular weight is 299 g/mol. The Kier molecular flexibility index (Phi) is 5.31. The summed E-state index contributed by atoms with van der Waals surface area (Å²) in [5, 5.41) is 19.0. The molecule has 0 radical (unpaired) electrons. The van der Waals surface area contributed by atoms with E-state index in [1.165, 1.54) is 0 Å². The molecule has 0 bridgehead atoms. The Bertz CT molecular complexity index is 579. The van der Waals surface area contributed by atoms with Crippen LogP contribution in [0.5, 0.6) is 0 Å². The van der Waals surface area contributed by atoms with Gasteiger partial charge in [-0.1, -0.05) is 24.3 Å². The van der Waals surface area contributed by atoms with Crippen molar-refractivity contribution in [2.75, 3.05) is 19.6 Å². The van der Waals surface area contributed by atoms with Crippen LogP contribution in [0.2, 0.25) is 0 Å². The van der Waals surface area contributed by atoms with E-state index in [0.29, 0.717) is 18.4 Å². The minimum Gasteiger partial charge on any atom is -0.389 e. The highest BCUT2D eigenvalue weighted by molar-refractivity contribution is 5.74. The number of hydrogen-bond donors (Lipinski definition) is 2. The van der Waals surface area contributed by atoms with Crippen LogP contribution < -0.4 is 5.73 Å². The summed E-state index contributed by atoms with van der Waals surface area (Å²) >= 11 is 0. The third kappa shape index (κ3) is 4.69. The molecule has 116 valence electrons. The van der Waals surface area contributed by atoms with E-state index in [1.807, 2.05) is 18.2 Å². The van der Waals surface area contributed by atoms with Crippen LogP contribution in [0, 0.1) is 11.3 Å². The molecule has 0 spiro atoms. The summed E-state index contributed by atoms with van der Waals surface area (Å²) in [6, 6.07) is 9.51. The van der Waals surface area contributed by atoms with Crippen molar-refractivity contribution < 1.29 is 9.90 Å². The van der Waals surface area contributed by atoms with Gasteiger partial charge >= 0.3 is 0 Å². The molecule has 2 rings (SSSR count). The number of carbonyl (C=O) groups is 1. The number of piperidine rings is 1. The molecule has 1 aliphatic rings. The lowest BCUT2D eigenvalue weighted by Crippen LogP contribution is -2.46. The molecule has 0 aromatic heterocycles. The molecule has 1 aliphatic heterocycles. The number of likely N-dealkylation sites (tertiary alicyclic amines) is 1. The van der Waals surface area contributed by atoms with Crippen LogP contribution >= 0.6 is 0 Å². The predicted octanol–water partition coefficient (Wildman–Crippen LogP) is 1.27. The molecule has 5 heteroatoms. The Morgan fingerprint density at radius 2 is 2.00 bits per heavy atom. The number of nitrogens with two attached hydrogens (primary N) is 1. The van der Waals surface area contributed by atoms with Crippen molar-refractivity contribution >= 4 is 12.0 Å². The molecule has 1 amide bonds. The van der Waals surface area contributed by atoms with E-state index in [9.17, 15) is 9.90 Å². The third-order valence-electron chi connectivity index (χ3n) is 4.00. The first-order valence-electron chi connectivity index (χ1n) is 7.40. The van der Waals surface area contributed by atoms with Crippen molar-refractivity contribution in [3.8, 4) is 6.07 Å². The normalized spacial score (nSPS) is 18.2. The van der Waals surface area contributed by atoms with E-state index in [2.05, 4.69) is 17.0 Å². The Hall–Kier alpha value is -2.16. The van der Waals surface area contributed by atoms with Crippen LogP contribution in [0.15, 0.2) is 30.3 Å². The SMILES string of the molecule is N#Cc1ccc(/C=C/CN2CCC(O)(CC(N)=O)CC2)cc1. The van der Waals surface area contributed by atoms with Gasteiger partial charge in [-0.05, 0) is 30.5 Å². The van der Waals surface area contributed by atoms with Gasteiger partial charge in [-0.25, -0.2) is 0 Å². The Morgan fingerprint density at radius 3 is 2.55 bits per heavy atom. The third-order valence-corrected chi connectivity index (χ3v) is 4.00. The van der Waals surface area contributed by atoms with Crippen LogP contribution in [-0.2, 0) is 4.79 Å². The minimum absolute atomic E-state index is 0.0436.